The number of aromatic nitrogens is 1. The summed E-state index contributed by atoms with van der Waals surface area (Å²) < 4.78 is 0. The highest BCUT2D eigenvalue weighted by molar-refractivity contribution is 6.10. The van der Waals surface area contributed by atoms with Crippen molar-refractivity contribution in [2.75, 3.05) is 38.6 Å². The van der Waals surface area contributed by atoms with Gasteiger partial charge < -0.3 is 26.3 Å². The van der Waals surface area contributed by atoms with E-state index in [0.717, 1.165) is 12.1 Å². The number of carbonyl (C=O) groups excluding carboxylic acids is 2. The minimum Gasteiger partial charge on any atom is -0.392 e. The Morgan fingerprint density at radius 2 is 2.09 bits per heavy atom. The van der Waals surface area contributed by atoms with Crippen LogP contribution in [0.4, 0.5) is 5.82 Å². The molecule has 5 N–H and O–H groups in total. The van der Waals surface area contributed by atoms with Gasteiger partial charge in [0.25, 0.3) is 5.91 Å². The predicted octanol–water partition coefficient (Wildman–Crippen LogP) is 1.69. The van der Waals surface area contributed by atoms with E-state index in [1.807, 2.05) is 20.8 Å². The first-order valence-electron chi connectivity index (χ1n) is 10.9. The van der Waals surface area contributed by atoms with E-state index >= 15 is 0 Å². The number of carbonyl (C=O) groups is 2. The molecule has 0 aromatic carbocycles. The van der Waals surface area contributed by atoms with E-state index in [2.05, 4.69) is 20.9 Å². The Labute approximate surface area is 195 Å². The van der Waals surface area contributed by atoms with E-state index in [-0.39, 0.29) is 23.1 Å². The molecule has 10 heteroatoms. The SMILES string of the molecule is CCNC/C(C=N)=C/N(C)c1cccc(C(=O)N/C(=C/NC)C(=N)N2CCC(C)(C)C2=O)n1. The molecule has 178 valence electrons. The van der Waals surface area contributed by atoms with Crippen LogP contribution in [0, 0.1) is 16.2 Å². The zero-order valence-electron chi connectivity index (χ0n) is 20.0. The number of hydrogen-bond donors (Lipinski definition) is 5. The standard InChI is InChI=1S/C23H34N8O2/c1-6-27-13-16(12-24)15-30(5)19-9-7-8-17(28-19)21(32)29-18(14-26-4)20(25)31-11-10-23(2,3)22(31)33/h7-9,12,14-15,24-27H,6,10-11,13H2,1-5H3,(H,29,32)/b16-15+,18-14+,24-12?,25-20?. The molecule has 1 aliphatic heterocycles. The summed E-state index contributed by atoms with van der Waals surface area (Å²) in [6.45, 7) is 7.47. The maximum absolute atomic E-state index is 12.9. The molecule has 1 saturated heterocycles. The van der Waals surface area contributed by atoms with E-state index in [1.165, 1.54) is 17.3 Å². The Hall–Kier alpha value is -3.53. The molecule has 1 fully saturated rings. The number of likely N-dealkylation sites (N-methyl/N-ethyl adjacent to an activating group) is 1. The van der Waals surface area contributed by atoms with Crippen LogP contribution in [0.15, 0.2) is 41.9 Å². The van der Waals surface area contributed by atoms with Crippen molar-refractivity contribution in [1.29, 1.82) is 10.8 Å². The summed E-state index contributed by atoms with van der Waals surface area (Å²) in [6, 6.07) is 5.06. The first-order valence-corrected chi connectivity index (χ1v) is 10.9. The fourth-order valence-corrected chi connectivity index (χ4v) is 3.28. The normalized spacial score (nSPS) is 15.9. The predicted molar refractivity (Wildman–Crippen MR) is 130 cm³/mol. The molecule has 0 aliphatic carbocycles. The number of amidine groups is 1. The van der Waals surface area contributed by atoms with Gasteiger partial charge in [-0.3, -0.25) is 19.9 Å². The Morgan fingerprint density at radius 3 is 2.67 bits per heavy atom. The molecule has 10 nitrogen and oxygen atoms in total. The summed E-state index contributed by atoms with van der Waals surface area (Å²) in [7, 11) is 3.45. The van der Waals surface area contributed by atoms with Crippen LogP contribution in [0.5, 0.6) is 0 Å². The first kappa shape index (κ1) is 25.7. The summed E-state index contributed by atoms with van der Waals surface area (Å²) in [5.74, 6) is -0.170. The molecular formula is C23H34N8O2. The highest BCUT2D eigenvalue weighted by Crippen LogP contribution is 2.31. The molecule has 1 aromatic rings. The average molecular weight is 455 g/mol. The Bertz CT molecular complexity index is 967. The van der Waals surface area contributed by atoms with Crippen molar-refractivity contribution in [1.82, 2.24) is 25.8 Å². The smallest absolute Gasteiger partial charge is 0.274 e. The molecule has 0 unspecified atom stereocenters. The topological polar surface area (TPSA) is 137 Å². The Balaban J connectivity index is 2.19. The van der Waals surface area contributed by atoms with Crippen LogP contribution >= 0.6 is 0 Å². The molecule has 0 radical (unpaired) electrons. The lowest BCUT2D eigenvalue weighted by molar-refractivity contribution is -0.131. The third kappa shape index (κ3) is 6.48. The van der Waals surface area contributed by atoms with Crippen molar-refractivity contribution in [2.24, 2.45) is 5.41 Å². The molecule has 0 bridgehead atoms. The minimum atomic E-state index is -0.531. The van der Waals surface area contributed by atoms with Crippen molar-refractivity contribution < 1.29 is 9.59 Å². The van der Waals surface area contributed by atoms with E-state index in [9.17, 15) is 9.59 Å². The summed E-state index contributed by atoms with van der Waals surface area (Å²) in [6.07, 6.45) is 5.18. The van der Waals surface area contributed by atoms with Gasteiger partial charge in [0, 0.05) is 51.2 Å². The van der Waals surface area contributed by atoms with E-state index in [4.69, 9.17) is 10.8 Å². The second-order valence-electron chi connectivity index (χ2n) is 8.36. The number of amides is 2. The molecule has 33 heavy (non-hydrogen) atoms. The number of nitrogens with zero attached hydrogens (tertiary/aromatic N) is 3. The number of nitrogens with one attached hydrogen (secondary N) is 5. The fourth-order valence-electron chi connectivity index (χ4n) is 3.28. The van der Waals surface area contributed by atoms with Gasteiger partial charge >= 0.3 is 0 Å². The molecule has 2 rings (SSSR count). The van der Waals surface area contributed by atoms with Crippen LogP contribution in [-0.4, -0.2) is 67.5 Å². The van der Waals surface area contributed by atoms with Crippen LogP contribution in [0.3, 0.4) is 0 Å². The van der Waals surface area contributed by atoms with Crippen molar-refractivity contribution in [2.45, 2.75) is 27.2 Å². The maximum Gasteiger partial charge on any atom is 0.274 e. The molecular weight excluding hydrogens is 420 g/mol. The zero-order chi connectivity index (χ0) is 24.6. The third-order valence-electron chi connectivity index (χ3n) is 5.30. The lowest BCUT2D eigenvalue weighted by atomic mass is 9.92. The first-order chi connectivity index (χ1) is 15.6. The highest BCUT2D eigenvalue weighted by Gasteiger charge is 2.41. The molecule has 1 aliphatic rings. The maximum atomic E-state index is 12.9. The lowest BCUT2D eigenvalue weighted by Gasteiger charge is -2.22. The summed E-state index contributed by atoms with van der Waals surface area (Å²) in [4.78, 5) is 33.1. The number of hydrogen-bond acceptors (Lipinski definition) is 8. The van der Waals surface area contributed by atoms with Crippen LogP contribution in [0.2, 0.25) is 0 Å². The van der Waals surface area contributed by atoms with Gasteiger partial charge in [0.2, 0.25) is 5.91 Å². The molecule has 0 atom stereocenters. The van der Waals surface area contributed by atoms with Gasteiger partial charge in [-0.15, -0.1) is 0 Å². The third-order valence-corrected chi connectivity index (χ3v) is 5.30. The fraction of sp³-hybridized carbons (Fsp3) is 0.435. The molecule has 0 saturated carbocycles. The van der Waals surface area contributed by atoms with Crippen LogP contribution in [0.25, 0.3) is 0 Å². The molecule has 0 spiro atoms. The Morgan fingerprint density at radius 1 is 1.36 bits per heavy atom. The van der Waals surface area contributed by atoms with Gasteiger partial charge in [-0.05, 0) is 30.7 Å². The highest BCUT2D eigenvalue weighted by atomic mass is 16.2. The quantitative estimate of drug-likeness (QED) is 0.269. The van der Waals surface area contributed by atoms with Gasteiger partial charge in [-0.1, -0.05) is 26.8 Å². The monoisotopic (exact) mass is 454 g/mol. The van der Waals surface area contributed by atoms with Crippen molar-refractivity contribution >= 4 is 29.7 Å². The van der Waals surface area contributed by atoms with Gasteiger partial charge in [0.1, 0.15) is 11.5 Å². The van der Waals surface area contributed by atoms with E-state index in [1.54, 1.807) is 43.4 Å². The summed E-state index contributed by atoms with van der Waals surface area (Å²) in [5, 5.41) is 24.8. The average Bonchev–Trinajstić information content (AvgIpc) is 3.08. The van der Waals surface area contributed by atoms with Crippen LogP contribution < -0.4 is 20.9 Å². The van der Waals surface area contributed by atoms with Crippen molar-refractivity contribution in [3.63, 3.8) is 0 Å². The van der Waals surface area contributed by atoms with Gasteiger partial charge in [0.15, 0.2) is 5.84 Å². The second-order valence-corrected chi connectivity index (χ2v) is 8.36. The van der Waals surface area contributed by atoms with Gasteiger partial charge in [-0.2, -0.15) is 0 Å². The zero-order valence-corrected chi connectivity index (χ0v) is 20.0. The number of rotatable bonds is 10. The minimum absolute atomic E-state index is 0.0662. The van der Waals surface area contributed by atoms with Crippen LogP contribution in [0.1, 0.15) is 37.7 Å². The van der Waals surface area contributed by atoms with Crippen molar-refractivity contribution in [3.8, 4) is 0 Å². The van der Waals surface area contributed by atoms with Gasteiger partial charge in [0.05, 0.1) is 5.70 Å². The largest absolute Gasteiger partial charge is 0.392 e. The second kappa shape index (κ2) is 11.4. The van der Waals surface area contributed by atoms with Gasteiger partial charge in [-0.25, -0.2) is 4.98 Å². The molecule has 2 amide bonds. The van der Waals surface area contributed by atoms with E-state index < -0.39 is 11.3 Å². The molecule has 2 heterocycles. The molecule has 1 aromatic heterocycles. The summed E-state index contributed by atoms with van der Waals surface area (Å²) in [5.41, 5.74) is 0.586. The lowest BCUT2D eigenvalue weighted by Crippen LogP contribution is -2.41. The number of pyridine rings is 1. The Kier molecular flexibility index (Phi) is 8.86. The van der Waals surface area contributed by atoms with E-state index in [0.29, 0.717) is 25.3 Å². The number of likely N-dealkylation sites (tertiary alicyclic amines) is 1. The van der Waals surface area contributed by atoms with Crippen molar-refractivity contribution in [3.05, 3.63) is 47.6 Å². The van der Waals surface area contributed by atoms with Crippen LogP contribution in [-0.2, 0) is 4.79 Å². The number of anilines is 1. The summed E-state index contributed by atoms with van der Waals surface area (Å²) >= 11 is 0.